The monoisotopic (exact) mass is 277 g/mol. The molecule has 0 radical (unpaired) electrons. The first-order valence-corrected chi connectivity index (χ1v) is 5.77. The summed E-state index contributed by atoms with van der Waals surface area (Å²) in [6.45, 7) is 3.43. The molecule has 0 aromatic heterocycles. The van der Waals surface area contributed by atoms with Gasteiger partial charge in [-0.3, -0.25) is 9.63 Å². The normalized spacial score (nSPS) is 10.4. The Morgan fingerprint density at radius 3 is 2.71 bits per heavy atom. The number of halogens is 2. The number of hydrogen-bond acceptors (Lipinski definition) is 3. The third-order valence-corrected chi connectivity index (χ3v) is 2.19. The van der Waals surface area contributed by atoms with Crippen LogP contribution in [0.2, 0.25) is 10.0 Å². The van der Waals surface area contributed by atoms with Crippen LogP contribution in [0.15, 0.2) is 18.2 Å². The lowest BCUT2D eigenvalue weighted by Gasteiger charge is -2.10. The summed E-state index contributed by atoms with van der Waals surface area (Å²) in [6.07, 6.45) is -0.0851. The molecule has 0 heterocycles. The minimum absolute atomic E-state index is 0.0851. The zero-order chi connectivity index (χ0) is 12.8. The lowest BCUT2D eigenvalue weighted by Crippen LogP contribution is -2.31. The zero-order valence-electron chi connectivity index (χ0n) is 9.50. The average Bonchev–Trinajstić information content (AvgIpc) is 2.25. The van der Waals surface area contributed by atoms with E-state index in [1.54, 1.807) is 32.0 Å². The second-order valence-electron chi connectivity index (χ2n) is 3.56. The van der Waals surface area contributed by atoms with Crippen molar-refractivity contribution in [1.82, 2.24) is 5.48 Å². The highest BCUT2D eigenvalue weighted by molar-refractivity contribution is 6.35. The molecule has 1 rings (SSSR count). The van der Waals surface area contributed by atoms with Crippen LogP contribution in [-0.4, -0.2) is 18.6 Å². The number of hydroxylamine groups is 1. The van der Waals surface area contributed by atoms with E-state index in [0.717, 1.165) is 0 Å². The first-order valence-electron chi connectivity index (χ1n) is 5.01. The van der Waals surface area contributed by atoms with Crippen molar-refractivity contribution in [2.24, 2.45) is 0 Å². The van der Waals surface area contributed by atoms with Gasteiger partial charge in [-0.2, -0.15) is 0 Å². The second kappa shape index (κ2) is 6.69. The van der Waals surface area contributed by atoms with Gasteiger partial charge in [-0.15, -0.1) is 0 Å². The van der Waals surface area contributed by atoms with Gasteiger partial charge in [-0.1, -0.05) is 23.2 Å². The van der Waals surface area contributed by atoms with Crippen molar-refractivity contribution < 1.29 is 14.4 Å². The molecule has 0 spiro atoms. The third-order valence-electron chi connectivity index (χ3n) is 1.66. The third kappa shape index (κ3) is 5.26. The second-order valence-corrected chi connectivity index (χ2v) is 4.40. The van der Waals surface area contributed by atoms with E-state index in [0.29, 0.717) is 15.8 Å². The molecule has 0 aliphatic carbocycles. The minimum atomic E-state index is -0.385. The maximum absolute atomic E-state index is 11.3. The van der Waals surface area contributed by atoms with Gasteiger partial charge in [0.05, 0.1) is 11.1 Å². The molecule has 94 valence electrons. The highest BCUT2D eigenvalue weighted by atomic mass is 35.5. The molecule has 0 saturated carbocycles. The zero-order valence-corrected chi connectivity index (χ0v) is 11.0. The van der Waals surface area contributed by atoms with E-state index < -0.39 is 0 Å². The number of carbonyl (C=O) groups excluding carboxylic acids is 1. The van der Waals surface area contributed by atoms with Crippen molar-refractivity contribution in [3.05, 3.63) is 28.2 Å². The van der Waals surface area contributed by atoms with E-state index in [9.17, 15) is 4.79 Å². The molecule has 0 unspecified atom stereocenters. The fraction of sp³-hybridized carbons (Fsp3) is 0.364. The van der Waals surface area contributed by atoms with Crippen LogP contribution in [0.1, 0.15) is 13.8 Å². The molecule has 1 N–H and O–H groups in total. The lowest BCUT2D eigenvalue weighted by molar-refractivity contribution is -0.139. The first kappa shape index (κ1) is 14.1. The maximum atomic E-state index is 11.3. The Kier molecular flexibility index (Phi) is 5.55. The van der Waals surface area contributed by atoms with Crippen molar-refractivity contribution >= 4 is 29.1 Å². The number of benzene rings is 1. The SMILES string of the molecule is CC(C)ONC(=O)COc1ccc(Cl)cc1Cl. The number of carbonyl (C=O) groups is 1. The molecule has 0 atom stereocenters. The lowest BCUT2D eigenvalue weighted by atomic mass is 10.3. The topological polar surface area (TPSA) is 47.6 Å². The number of hydrogen-bond donors (Lipinski definition) is 1. The molecule has 17 heavy (non-hydrogen) atoms. The van der Waals surface area contributed by atoms with Gasteiger partial charge in [0.2, 0.25) is 0 Å². The van der Waals surface area contributed by atoms with Crippen molar-refractivity contribution in [1.29, 1.82) is 0 Å². The highest BCUT2D eigenvalue weighted by Gasteiger charge is 2.07. The number of rotatable bonds is 5. The van der Waals surface area contributed by atoms with Crippen LogP contribution in [0.25, 0.3) is 0 Å². The summed E-state index contributed by atoms with van der Waals surface area (Å²) < 4.78 is 5.20. The van der Waals surface area contributed by atoms with Gasteiger partial charge in [0, 0.05) is 5.02 Å². The van der Waals surface area contributed by atoms with Crippen molar-refractivity contribution in [2.45, 2.75) is 20.0 Å². The van der Waals surface area contributed by atoms with Gasteiger partial charge in [-0.25, -0.2) is 5.48 Å². The average molecular weight is 278 g/mol. The molecule has 1 aromatic rings. The van der Waals surface area contributed by atoms with Crippen LogP contribution in [-0.2, 0) is 9.63 Å². The summed E-state index contributed by atoms with van der Waals surface area (Å²) in [6, 6.07) is 4.77. The number of nitrogens with one attached hydrogen (secondary N) is 1. The summed E-state index contributed by atoms with van der Waals surface area (Å²) >= 11 is 11.6. The molecule has 4 nitrogen and oxygen atoms in total. The van der Waals surface area contributed by atoms with Crippen LogP contribution in [0.4, 0.5) is 0 Å². The van der Waals surface area contributed by atoms with Crippen molar-refractivity contribution in [3.8, 4) is 5.75 Å². The first-order chi connectivity index (χ1) is 7.99. The Hall–Kier alpha value is -0.970. The largest absolute Gasteiger partial charge is 0.482 e. The fourth-order valence-electron chi connectivity index (χ4n) is 0.949. The van der Waals surface area contributed by atoms with Gasteiger partial charge < -0.3 is 4.74 Å². The fourth-order valence-corrected chi connectivity index (χ4v) is 1.41. The Labute approximate surface area is 110 Å². The van der Waals surface area contributed by atoms with Gasteiger partial charge in [-0.05, 0) is 32.0 Å². The van der Waals surface area contributed by atoms with Crippen LogP contribution in [0.3, 0.4) is 0 Å². The molecule has 1 aromatic carbocycles. The summed E-state index contributed by atoms with van der Waals surface area (Å²) in [5.74, 6) is 0.0143. The van der Waals surface area contributed by atoms with E-state index in [1.165, 1.54) is 0 Å². The predicted octanol–water partition coefficient (Wildman–Crippen LogP) is 2.83. The Morgan fingerprint density at radius 1 is 1.41 bits per heavy atom. The van der Waals surface area contributed by atoms with Crippen LogP contribution in [0, 0.1) is 0 Å². The summed E-state index contributed by atoms with van der Waals surface area (Å²) in [7, 11) is 0. The molecule has 0 fully saturated rings. The summed E-state index contributed by atoms with van der Waals surface area (Å²) in [5.41, 5.74) is 2.25. The van der Waals surface area contributed by atoms with Crippen LogP contribution in [0.5, 0.6) is 5.75 Å². The van der Waals surface area contributed by atoms with E-state index in [2.05, 4.69) is 5.48 Å². The van der Waals surface area contributed by atoms with Gasteiger partial charge in [0.25, 0.3) is 5.91 Å². The molecule has 0 saturated heterocycles. The summed E-state index contributed by atoms with van der Waals surface area (Å²) in [4.78, 5) is 16.2. The Balaban J connectivity index is 2.42. The van der Waals surface area contributed by atoms with Crippen molar-refractivity contribution in [2.75, 3.05) is 6.61 Å². The molecule has 0 aliphatic rings. The Morgan fingerprint density at radius 2 is 2.12 bits per heavy atom. The highest BCUT2D eigenvalue weighted by Crippen LogP contribution is 2.27. The molecule has 0 aliphatic heterocycles. The van der Waals surface area contributed by atoms with Crippen LogP contribution >= 0.6 is 23.2 Å². The van der Waals surface area contributed by atoms with E-state index in [1.807, 2.05) is 0 Å². The molecule has 1 amide bonds. The smallest absolute Gasteiger partial charge is 0.281 e. The number of ether oxygens (including phenoxy) is 1. The van der Waals surface area contributed by atoms with Gasteiger partial charge in [0.15, 0.2) is 6.61 Å². The number of amides is 1. The van der Waals surface area contributed by atoms with Gasteiger partial charge >= 0.3 is 0 Å². The quantitative estimate of drug-likeness (QED) is 0.842. The molecular weight excluding hydrogens is 265 g/mol. The van der Waals surface area contributed by atoms with Crippen molar-refractivity contribution in [3.63, 3.8) is 0 Å². The standard InChI is InChI=1S/C11H13Cl2NO3/c1-7(2)17-14-11(15)6-16-10-4-3-8(12)5-9(10)13/h3-5,7H,6H2,1-2H3,(H,14,15). The van der Waals surface area contributed by atoms with Crippen LogP contribution < -0.4 is 10.2 Å². The van der Waals surface area contributed by atoms with E-state index in [-0.39, 0.29) is 18.6 Å². The Bertz CT molecular complexity index is 396. The molecule has 6 heteroatoms. The summed E-state index contributed by atoms with van der Waals surface area (Å²) in [5, 5.41) is 0.866. The minimum Gasteiger partial charge on any atom is -0.482 e. The van der Waals surface area contributed by atoms with E-state index in [4.69, 9.17) is 32.8 Å². The van der Waals surface area contributed by atoms with E-state index >= 15 is 0 Å². The predicted molar refractivity (Wildman–Crippen MR) is 66.3 cm³/mol. The molecular formula is C11H13Cl2NO3. The molecule has 0 bridgehead atoms. The van der Waals surface area contributed by atoms with Gasteiger partial charge in [0.1, 0.15) is 5.75 Å². The maximum Gasteiger partial charge on any atom is 0.281 e.